The van der Waals surface area contributed by atoms with Crippen LogP contribution in [-0.4, -0.2) is 27.1 Å². The first-order chi connectivity index (χ1) is 11.9. The van der Waals surface area contributed by atoms with Crippen molar-refractivity contribution in [1.82, 2.24) is 9.71 Å². The van der Waals surface area contributed by atoms with Crippen LogP contribution in [0.15, 0.2) is 51.8 Å². The Hall–Kier alpha value is -1.83. The molecule has 1 heterocycles. The smallest absolute Gasteiger partial charge is 0.240 e. The molecule has 3 aromatic rings. The lowest BCUT2D eigenvalue weighted by molar-refractivity contribution is 0.414. The molecule has 7 heteroatoms. The van der Waals surface area contributed by atoms with Crippen molar-refractivity contribution < 1.29 is 13.2 Å². The van der Waals surface area contributed by atoms with Crippen molar-refractivity contribution in [2.45, 2.75) is 18.2 Å². The summed E-state index contributed by atoms with van der Waals surface area (Å²) in [4.78, 5) is 3.56. The Morgan fingerprint density at radius 1 is 1.16 bits per heavy atom. The van der Waals surface area contributed by atoms with Gasteiger partial charge in [0, 0.05) is 27.6 Å². The fourth-order valence-corrected chi connectivity index (χ4v) is 4.22. The number of methoxy groups -OCH3 is 1. The number of nitrogens with one attached hydrogen (secondary N) is 2. The van der Waals surface area contributed by atoms with Gasteiger partial charge in [0.15, 0.2) is 0 Å². The van der Waals surface area contributed by atoms with Crippen LogP contribution in [0.1, 0.15) is 11.3 Å². The Morgan fingerprint density at radius 2 is 1.88 bits per heavy atom. The van der Waals surface area contributed by atoms with E-state index in [2.05, 4.69) is 25.6 Å². The van der Waals surface area contributed by atoms with Gasteiger partial charge in [0.25, 0.3) is 0 Å². The Kier molecular flexibility index (Phi) is 5.17. The van der Waals surface area contributed by atoms with E-state index in [1.165, 1.54) is 12.1 Å². The fourth-order valence-electron chi connectivity index (χ4n) is 2.83. The number of hydrogen-bond acceptors (Lipinski definition) is 3. The van der Waals surface area contributed by atoms with Gasteiger partial charge in [0.2, 0.25) is 10.0 Å². The largest absolute Gasteiger partial charge is 0.497 e. The van der Waals surface area contributed by atoms with E-state index in [0.717, 1.165) is 26.6 Å². The number of H-pyrrole nitrogens is 1. The molecule has 0 aliphatic carbocycles. The molecule has 0 aliphatic rings. The zero-order chi connectivity index (χ0) is 18.0. The van der Waals surface area contributed by atoms with E-state index in [1.54, 1.807) is 19.2 Å². The van der Waals surface area contributed by atoms with Crippen molar-refractivity contribution >= 4 is 36.9 Å². The molecule has 0 saturated heterocycles. The van der Waals surface area contributed by atoms with E-state index in [-0.39, 0.29) is 4.90 Å². The van der Waals surface area contributed by atoms with Crippen molar-refractivity contribution in [3.05, 3.63) is 58.2 Å². The number of hydrogen-bond donors (Lipinski definition) is 2. The van der Waals surface area contributed by atoms with Gasteiger partial charge in [-0.15, -0.1) is 0 Å². The highest BCUT2D eigenvalue weighted by molar-refractivity contribution is 9.10. The second-order valence-electron chi connectivity index (χ2n) is 5.74. The van der Waals surface area contributed by atoms with E-state index in [4.69, 9.17) is 4.74 Å². The average Bonchev–Trinajstić information content (AvgIpc) is 2.90. The number of aromatic nitrogens is 1. The standard InChI is InChI=1S/C18H19BrN2O3S/c1-12-16(17-11-13(19)3-8-18(17)21-12)9-10-20-25(22,23)15-6-4-14(24-2)5-7-15/h3-8,11,20-21H,9-10H2,1-2H3. The first kappa shape index (κ1) is 18.0. The summed E-state index contributed by atoms with van der Waals surface area (Å²) < 4.78 is 33.5. The topological polar surface area (TPSA) is 71.2 Å². The molecular formula is C18H19BrN2O3S. The molecule has 0 saturated carbocycles. The summed E-state index contributed by atoms with van der Waals surface area (Å²) in [6.45, 7) is 2.33. The SMILES string of the molecule is COc1ccc(S(=O)(=O)NCCc2c(C)[nH]c3ccc(Br)cc23)cc1. The van der Waals surface area contributed by atoms with Crippen molar-refractivity contribution in [1.29, 1.82) is 0 Å². The monoisotopic (exact) mass is 422 g/mol. The highest BCUT2D eigenvalue weighted by atomic mass is 79.9. The van der Waals surface area contributed by atoms with Gasteiger partial charge in [-0.1, -0.05) is 15.9 Å². The number of ether oxygens (including phenoxy) is 1. The van der Waals surface area contributed by atoms with Gasteiger partial charge < -0.3 is 9.72 Å². The van der Waals surface area contributed by atoms with Gasteiger partial charge >= 0.3 is 0 Å². The molecule has 0 fully saturated rings. The Bertz CT molecular complexity index is 995. The molecule has 5 nitrogen and oxygen atoms in total. The zero-order valence-electron chi connectivity index (χ0n) is 14.0. The maximum atomic E-state index is 12.4. The first-order valence-corrected chi connectivity index (χ1v) is 10.1. The molecule has 0 radical (unpaired) electrons. The maximum absolute atomic E-state index is 12.4. The minimum Gasteiger partial charge on any atom is -0.497 e. The Balaban J connectivity index is 1.74. The number of sulfonamides is 1. The summed E-state index contributed by atoms with van der Waals surface area (Å²) in [5.74, 6) is 0.624. The number of benzene rings is 2. The zero-order valence-corrected chi connectivity index (χ0v) is 16.4. The second-order valence-corrected chi connectivity index (χ2v) is 8.42. The third-order valence-electron chi connectivity index (χ3n) is 4.12. The normalized spacial score (nSPS) is 11.8. The van der Waals surface area contributed by atoms with Gasteiger partial charge in [-0.05, 0) is 61.4 Å². The number of fused-ring (bicyclic) bond motifs is 1. The van der Waals surface area contributed by atoms with Crippen LogP contribution in [-0.2, 0) is 16.4 Å². The maximum Gasteiger partial charge on any atom is 0.240 e. The third-order valence-corrected chi connectivity index (χ3v) is 6.09. The van der Waals surface area contributed by atoms with Crippen molar-refractivity contribution in [3.63, 3.8) is 0 Å². The third kappa shape index (κ3) is 3.89. The molecule has 0 unspecified atom stereocenters. The predicted molar refractivity (Wildman–Crippen MR) is 103 cm³/mol. The van der Waals surface area contributed by atoms with E-state index in [0.29, 0.717) is 18.7 Å². The van der Waals surface area contributed by atoms with Gasteiger partial charge in [-0.3, -0.25) is 0 Å². The molecular weight excluding hydrogens is 404 g/mol. The first-order valence-electron chi connectivity index (χ1n) is 7.81. The molecule has 0 aliphatic heterocycles. The predicted octanol–water partition coefficient (Wildman–Crippen LogP) is 3.77. The molecule has 0 spiro atoms. The molecule has 0 atom stereocenters. The van der Waals surface area contributed by atoms with Crippen LogP contribution in [0.2, 0.25) is 0 Å². The molecule has 2 aromatic carbocycles. The van der Waals surface area contributed by atoms with Crippen LogP contribution in [0.25, 0.3) is 10.9 Å². The molecule has 25 heavy (non-hydrogen) atoms. The summed E-state index contributed by atoms with van der Waals surface area (Å²) >= 11 is 3.48. The van der Waals surface area contributed by atoms with Crippen LogP contribution in [0, 0.1) is 6.92 Å². The molecule has 0 amide bonds. The number of aryl methyl sites for hydroxylation is 1. The highest BCUT2D eigenvalue weighted by Crippen LogP contribution is 2.26. The minimum absolute atomic E-state index is 0.228. The van der Waals surface area contributed by atoms with E-state index >= 15 is 0 Å². The molecule has 3 rings (SSSR count). The van der Waals surface area contributed by atoms with Crippen LogP contribution in [0.5, 0.6) is 5.75 Å². The number of rotatable bonds is 6. The summed E-state index contributed by atoms with van der Waals surface area (Å²) in [5.41, 5.74) is 3.22. The lowest BCUT2D eigenvalue weighted by Crippen LogP contribution is -2.26. The van der Waals surface area contributed by atoms with E-state index in [1.807, 2.05) is 25.1 Å². The summed E-state index contributed by atoms with van der Waals surface area (Å²) in [7, 11) is -1.99. The lowest BCUT2D eigenvalue weighted by Gasteiger charge is -2.08. The van der Waals surface area contributed by atoms with Crippen LogP contribution >= 0.6 is 15.9 Å². The van der Waals surface area contributed by atoms with Gasteiger partial charge in [-0.25, -0.2) is 13.1 Å². The lowest BCUT2D eigenvalue weighted by atomic mass is 10.1. The van der Waals surface area contributed by atoms with Crippen molar-refractivity contribution in [3.8, 4) is 5.75 Å². The quantitative estimate of drug-likeness (QED) is 0.634. The number of aromatic amines is 1. The van der Waals surface area contributed by atoms with Gasteiger partial charge in [0.1, 0.15) is 5.75 Å². The van der Waals surface area contributed by atoms with Crippen LogP contribution in [0.3, 0.4) is 0 Å². The van der Waals surface area contributed by atoms with Crippen molar-refractivity contribution in [2.75, 3.05) is 13.7 Å². The van der Waals surface area contributed by atoms with E-state index in [9.17, 15) is 8.42 Å². The Morgan fingerprint density at radius 3 is 2.56 bits per heavy atom. The Labute approximate surface area is 155 Å². The fraction of sp³-hybridized carbons (Fsp3) is 0.222. The average molecular weight is 423 g/mol. The summed E-state index contributed by atoms with van der Waals surface area (Å²) in [5, 5.41) is 1.11. The summed E-state index contributed by atoms with van der Waals surface area (Å²) in [6.07, 6.45) is 0.609. The minimum atomic E-state index is -3.54. The summed E-state index contributed by atoms with van der Waals surface area (Å²) in [6, 6.07) is 12.4. The van der Waals surface area contributed by atoms with Crippen LogP contribution in [0.4, 0.5) is 0 Å². The van der Waals surface area contributed by atoms with Gasteiger partial charge in [-0.2, -0.15) is 0 Å². The van der Waals surface area contributed by atoms with Crippen LogP contribution < -0.4 is 9.46 Å². The molecule has 1 aromatic heterocycles. The highest BCUT2D eigenvalue weighted by Gasteiger charge is 2.15. The molecule has 0 bridgehead atoms. The number of halogens is 1. The molecule has 132 valence electrons. The van der Waals surface area contributed by atoms with Crippen molar-refractivity contribution in [2.24, 2.45) is 0 Å². The van der Waals surface area contributed by atoms with E-state index < -0.39 is 10.0 Å². The van der Waals surface area contributed by atoms with Gasteiger partial charge in [0.05, 0.1) is 12.0 Å². The molecule has 2 N–H and O–H groups in total. The second kappa shape index (κ2) is 7.19.